The van der Waals surface area contributed by atoms with E-state index in [-0.39, 0.29) is 17.3 Å². The number of aryl methyl sites for hydroxylation is 2. The molecule has 24 heavy (non-hydrogen) atoms. The molecule has 0 aliphatic heterocycles. The first-order valence-corrected chi connectivity index (χ1v) is 8.40. The number of nitrogens with zero attached hydrogens (tertiary/aromatic N) is 1. The maximum Gasteiger partial charge on any atom is 0.336 e. The molecule has 0 spiro atoms. The average molecular weight is 340 g/mol. The number of hydrogen-bond acceptors (Lipinski definition) is 5. The number of thioether (sulfide) groups is 1. The summed E-state index contributed by atoms with van der Waals surface area (Å²) in [5.74, 6) is 0.167. The number of benzene rings is 1. The first-order chi connectivity index (χ1) is 11.5. The van der Waals surface area contributed by atoms with Crippen LogP contribution in [0.5, 0.6) is 0 Å². The van der Waals surface area contributed by atoms with E-state index in [4.69, 9.17) is 4.42 Å². The van der Waals surface area contributed by atoms with Gasteiger partial charge in [-0.3, -0.25) is 4.79 Å². The highest BCUT2D eigenvalue weighted by molar-refractivity contribution is 7.99. The van der Waals surface area contributed by atoms with E-state index in [9.17, 15) is 9.59 Å². The average Bonchev–Trinajstić information content (AvgIpc) is 2.55. The number of rotatable bonds is 4. The maximum absolute atomic E-state index is 12.2. The molecule has 6 heteroatoms. The second-order valence-corrected chi connectivity index (χ2v) is 6.41. The minimum absolute atomic E-state index is 0.108. The number of carbonyl (C=O) groups is 1. The van der Waals surface area contributed by atoms with Crippen molar-refractivity contribution in [2.24, 2.45) is 0 Å². The Morgan fingerprint density at radius 1 is 1.21 bits per heavy atom. The Kier molecular flexibility index (Phi) is 4.66. The summed E-state index contributed by atoms with van der Waals surface area (Å²) in [6.45, 7) is 3.71. The number of nitrogens with one attached hydrogen (secondary N) is 1. The lowest BCUT2D eigenvalue weighted by molar-refractivity contribution is -0.113. The monoisotopic (exact) mass is 340 g/mol. The molecule has 3 rings (SSSR count). The molecule has 2 aromatic heterocycles. The highest BCUT2D eigenvalue weighted by Crippen LogP contribution is 2.25. The zero-order valence-electron chi connectivity index (χ0n) is 13.3. The van der Waals surface area contributed by atoms with Crippen LogP contribution in [0.2, 0.25) is 0 Å². The van der Waals surface area contributed by atoms with Gasteiger partial charge in [-0.25, -0.2) is 9.78 Å². The summed E-state index contributed by atoms with van der Waals surface area (Å²) in [6, 6.07) is 10.6. The van der Waals surface area contributed by atoms with Gasteiger partial charge in [0.05, 0.1) is 10.8 Å². The summed E-state index contributed by atoms with van der Waals surface area (Å²) < 4.78 is 5.21. The van der Waals surface area contributed by atoms with Crippen molar-refractivity contribution < 1.29 is 9.21 Å². The molecule has 0 saturated carbocycles. The van der Waals surface area contributed by atoms with Crippen molar-refractivity contribution in [2.45, 2.75) is 18.9 Å². The Morgan fingerprint density at radius 2 is 2.04 bits per heavy atom. The molecule has 0 radical (unpaired) electrons. The molecule has 0 aliphatic rings. The van der Waals surface area contributed by atoms with Gasteiger partial charge in [-0.05, 0) is 49.2 Å². The zero-order chi connectivity index (χ0) is 17.1. The Bertz CT molecular complexity index is 952. The van der Waals surface area contributed by atoms with E-state index < -0.39 is 0 Å². The molecule has 5 nitrogen and oxygen atoms in total. The Labute approximate surface area is 143 Å². The van der Waals surface area contributed by atoms with Gasteiger partial charge in [0, 0.05) is 23.3 Å². The van der Waals surface area contributed by atoms with Crippen molar-refractivity contribution in [1.82, 2.24) is 4.98 Å². The molecule has 122 valence electrons. The molecular formula is C18H16N2O3S. The van der Waals surface area contributed by atoms with Crippen LogP contribution in [0.4, 0.5) is 5.69 Å². The first-order valence-electron chi connectivity index (χ1n) is 7.42. The smallest absolute Gasteiger partial charge is 0.336 e. The predicted octanol–water partition coefficient (Wildman–Crippen LogP) is 3.54. The second-order valence-electron chi connectivity index (χ2n) is 5.42. The summed E-state index contributed by atoms with van der Waals surface area (Å²) in [7, 11) is 0. The van der Waals surface area contributed by atoms with Crippen LogP contribution in [0, 0.1) is 13.8 Å². The molecule has 0 atom stereocenters. The Hall–Kier alpha value is -2.60. The van der Waals surface area contributed by atoms with Gasteiger partial charge >= 0.3 is 5.63 Å². The van der Waals surface area contributed by atoms with E-state index >= 15 is 0 Å². The molecule has 0 aliphatic carbocycles. The summed E-state index contributed by atoms with van der Waals surface area (Å²) in [5.41, 5.74) is 2.53. The normalized spacial score (nSPS) is 10.8. The van der Waals surface area contributed by atoms with Crippen LogP contribution >= 0.6 is 11.8 Å². The van der Waals surface area contributed by atoms with Crippen LogP contribution in [0.1, 0.15) is 11.1 Å². The summed E-state index contributed by atoms with van der Waals surface area (Å²) >= 11 is 1.38. The highest BCUT2D eigenvalue weighted by Gasteiger charge is 2.10. The fraction of sp³-hybridized carbons (Fsp3) is 0.167. The van der Waals surface area contributed by atoms with E-state index in [1.54, 1.807) is 12.3 Å². The largest absolute Gasteiger partial charge is 0.423 e. The van der Waals surface area contributed by atoms with Crippen LogP contribution in [0.3, 0.4) is 0 Å². The summed E-state index contributed by atoms with van der Waals surface area (Å²) in [4.78, 5) is 27.8. The molecule has 1 aromatic carbocycles. The lowest BCUT2D eigenvalue weighted by Gasteiger charge is -2.10. The van der Waals surface area contributed by atoms with Crippen LogP contribution < -0.4 is 10.9 Å². The fourth-order valence-corrected chi connectivity index (χ4v) is 3.02. The van der Waals surface area contributed by atoms with Crippen molar-refractivity contribution in [3.63, 3.8) is 0 Å². The third-order valence-electron chi connectivity index (χ3n) is 3.56. The number of amides is 1. The maximum atomic E-state index is 12.2. The molecular weight excluding hydrogens is 324 g/mol. The van der Waals surface area contributed by atoms with Crippen LogP contribution in [0.15, 0.2) is 56.8 Å². The van der Waals surface area contributed by atoms with Crippen molar-refractivity contribution in [2.75, 3.05) is 11.1 Å². The molecule has 3 aromatic rings. The fourth-order valence-electron chi connectivity index (χ4n) is 2.36. The molecule has 0 unspecified atom stereocenters. The molecule has 0 bridgehead atoms. The van der Waals surface area contributed by atoms with Crippen molar-refractivity contribution >= 4 is 34.3 Å². The third kappa shape index (κ3) is 3.65. The van der Waals surface area contributed by atoms with Crippen molar-refractivity contribution in [3.05, 3.63) is 64.1 Å². The Balaban J connectivity index is 1.78. The molecule has 0 fully saturated rings. The van der Waals surface area contributed by atoms with E-state index in [2.05, 4.69) is 10.3 Å². The van der Waals surface area contributed by atoms with Gasteiger partial charge in [0.1, 0.15) is 5.58 Å². The van der Waals surface area contributed by atoms with Gasteiger partial charge in [-0.1, -0.05) is 17.8 Å². The van der Waals surface area contributed by atoms with Crippen LogP contribution in [-0.4, -0.2) is 16.6 Å². The van der Waals surface area contributed by atoms with E-state index in [0.717, 1.165) is 21.5 Å². The minimum Gasteiger partial charge on any atom is -0.423 e. The third-order valence-corrected chi connectivity index (χ3v) is 4.50. The summed E-state index contributed by atoms with van der Waals surface area (Å²) in [5, 5.41) is 4.53. The SMILES string of the molecule is Cc1cc2oc(=O)cc(C)c2cc1NC(=O)CSc1ccccn1. The standard InChI is InChI=1S/C18H16N2O3S/c1-11-8-18(22)23-15-7-12(2)14(9-13(11)15)20-16(21)10-24-17-5-3-4-6-19-17/h3-9H,10H2,1-2H3,(H,20,21). The molecule has 1 amide bonds. The topological polar surface area (TPSA) is 72.2 Å². The lowest BCUT2D eigenvalue weighted by Crippen LogP contribution is -2.15. The van der Waals surface area contributed by atoms with Gasteiger partial charge in [-0.2, -0.15) is 0 Å². The quantitative estimate of drug-likeness (QED) is 0.581. The minimum atomic E-state index is -0.372. The molecule has 2 heterocycles. The van der Waals surface area contributed by atoms with Gasteiger partial charge < -0.3 is 9.73 Å². The number of hydrogen-bond donors (Lipinski definition) is 1. The first kappa shape index (κ1) is 16.3. The lowest BCUT2D eigenvalue weighted by atomic mass is 10.1. The van der Waals surface area contributed by atoms with E-state index in [1.807, 2.05) is 38.1 Å². The van der Waals surface area contributed by atoms with Crippen molar-refractivity contribution in [3.8, 4) is 0 Å². The van der Waals surface area contributed by atoms with E-state index in [1.165, 1.54) is 17.8 Å². The van der Waals surface area contributed by atoms with Gasteiger partial charge in [0.15, 0.2) is 0 Å². The van der Waals surface area contributed by atoms with Crippen LogP contribution in [0.25, 0.3) is 11.0 Å². The zero-order valence-corrected chi connectivity index (χ0v) is 14.1. The highest BCUT2D eigenvalue weighted by atomic mass is 32.2. The van der Waals surface area contributed by atoms with Gasteiger partial charge in [0.2, 0.25) is 5.91 Å². The molecule has 0 saturated heterocycles. The number of pyridine rings is 1. The molecule has 1 N–H and O–H groups in total. The van der Waals surface area contributed by atoms with Crippen LogP contribution in [-0.2, 0) is 4.79 Å². The van der Waals surface area contributed by atoms with E-state index in [0.29, 0.717) is 11.3 Å². The number of aromatic nitrogens is 1. The predicted molar refractivity (Wildman–Crippen MR) is 95.5 cm³/mol. The van der Waals surface area contributed by atoms with Gasteiger partial charge in [0.25, 0.3) is 0 Å². The second kappa shape index (κ2) is 6.88. The summed E-state index contributed by atoms with van der Waals surface area (Å²) in [6.07, 6.45) is 1.70. The number of fused-ring (bicyclic) bond motifs is 1. The van der Waals surface area contributed by atoms with Crippen molar-refractivity contribution in [1.29, 1.82) is 0 Å². The van der Waals surface area contributed by atoms with Gasteiger partial charge in [-0.15, -0.1) is 0 Å². The number of anilines is 1. The Morgan fingerprint density at radius 3 is 2.79 bits per heavy atom. The number of carbonyl (C=O) groups excluding carboxylic acids is 1.